The van der Waals surface area contributed by atoms with Crippen molar-refractivity contribution in [1.29, 1.82) is 0 Å². The van der Waals surface area contributed by atoms with Gasteiger partial charge in [-0.05, 0) is 52.4 Å². The lowest BCUT2D eigenvalue weighted by Crippen LogP contribution is -2.28. The third-order valence-electron chi connectivity index (χ3n) is 5.26. The van der Waals surface area contributed by atoms with Crippen LogP contribution in [-0.2, 0) is 14.3 Å². The van der Waals surface area contributed by atoms with Crippen molar-refractivity contribution in [3.63, 3.8) is 0 Å². The second-order valence-electron chi connectivity index (χ2n) is 7.53. The molecule has 0 heterocycles. The molecule has 2 atom stereocenters. The van der Waals surface area contributed by atoms with Gasteiger partial charge >= 0.3 is 6.09 Å². The summed E-state index contributed by atoms with van der Waals surface area (Å²) in [5.41, 5.74) is 2.44. The number of allylic oxidation sites excluding steroid dienone is 1. The van der Waals surface area contributed by atoms with E-state index in [9.17, 15) is 14.7 Å². The first kappa shape index (κ1) is 26.7. The molecule has 10 heteroatoms. The van der Waals surface area contributed by atoms with E-state index in [1.807, 2.05) is 36.4 Å². The van der Waals surface area contributed by atoms with Gasteiger partial charge in [0.1, 0.15) is 5.75 Å². The number of hydrogen-bond donors (Lipinski definition) is 4. The predicted molar refractivity (Wildman–Crippen MR) is 139 cm³/mol. The topological polar surface area (TPSA) is 117 Å². The van der Waals surface area contributed by atoms with E-state index in [4.69, 9.17) is 14.7 Å². The molecule has 0 aliphatic carbocycles. The fraction of sp³-hybridized carbons (Fsp3) is 0.200. The molecule has 0 radical (unpaired) electrons. The number of benzene rings is 3. The zero-order chi connectivity index (χ0) is 25.4. The Kier molecular flexibility index (Phi) is 9.67. The summed E-state index contributed by atoms with van der Waals surface area (Å²) in [6.07, 6.45) is 1.10. The summed E-state index contributed by atoms with van der Waals surface area (Å²) in [6, 6.07) is 16.5. The molecule has 2 amide bonds. The maximum absolute atomic E-state index is 13.0. The number of carbonyl (C=O) groups excluding carboxylic acids is 2. The fourth-order valence-electron chi connectivity index (χ4n) is 3.61. The highest BCUT2D eigenvalue weighted by Crippen LogP contribution is 2.39. The molecule has 4 N–H and O–H groups in total. The Morgan fingerprint density at radius 3 is 2.60 bits per heavy atom. The maximum Gasteiger partial charge on any atom is 0.412 e. The van der Waals surface area contributed by atoms with Crippen molar-refractivity contribution >= 4 is 60.3 Å². The number of phenols is 1. The van der Waals surface area contributed by atoms with Gasteiger partial charge in [0, 0.05) is 28.6 Å². The van der Waals surface area contributed by atoms with Gasteiger partial charge in [0.2, 0.25) is 0 Å². The Labute approximate surface area is 219 Å². The summed E-state index contributed by atoms with van der Waals surface area (Å²) in [4.78, 5) is 24.2. The van der Waals surface area contributed by atoms with Crippen molar-refractivity contribution in [2.75, 3.05) is 12.4 Å². The normalized spacial score (nSPS) is 12.9. The molecule has 0 fully saturated rings. The predicted octanol–water partition coefficient (Wildman–Crippen LogP) is 6.22. The Balaban J connectivity index is 1.88. The number of amides is 2. The van der Waals surface area contributed by atoms with Crippen LogP contribution < -0.4 is 10.8 Å². The lowest BCUT2D eigenvalue weighted by Gasteiger charge is -2.27. The van der Waals surface area contributed by atoms with E-state index in [0.717, 1.165) is 10.8 Å². The number of halogens is 2. The number of anilines is 1. The lowest BCUT2D eigenvalue weighted by atomic mass is 9.99. The number of methoxy groups -OCH3 is 1. The minimum absolute atomic E-state index is 0.0894. The molecule has 8 nitrogen and oxygen atoms in total. The monoisotopic (exact) mass is 606 g/mol. The quantitative estimate of drug-likeness (QED) is 0.130. The average molecular weight is 608 g/mol. The number of aromatic hydroxyl groups is 1. The molecular weight excluding hydrogens is 584 g/mol. The first-order valence-electron chi connectivity index (χ1n) is 10.6. The van der Waals surface area contributed by atoms with E-state index in [1.54, 1.807) is 24.3 Å². The van der Waals surface area contributed by atoms with Gasteiger partial charge in [-0.25, -0.2) is 10.3 Å². The van der Waals surface area contributed by atoms with Crippen molar-refractivity contribution in [2.24, 2.45) is 0 Å². The van der Waals surface area contributed by atoms with Crippen LogP contribution in [-0.4, -0.2) is 35.5 Å². The number of hydrogen-bond acceptors (Lipinski definition) is 6. The third kappa shape index (κ3) is 7.04. The van der Waals surface area contributed by atoms with Crippen LogP contribution >= 0.6 is 31.9 Å². The summed E-state index contributed by atoms with van der Waals surface area (Å²) in [5, 5.41) is 23.9. The maximum atomic E-state index is 13.0. The van der Waals surface area contributed by atoms with E-state index in [0.29, 0.717) is 33.0 Å². The molecule has 0 bridgehead atoms. The van der Waals surface area contributed by atoms with Crippen molar-refractivity contribution in [3.05, 3.63) is 81.3 Å². The number of hydroxylamine groups is 1. The minimum atomic E-state index is -0.983. The third-order valence-corrected chi connectivity index (χ3v) is 6.32. The Morgan fingerprint density at radius 2 is 1.86 bits per heavy atom. The second-order valence-corrected chi connectivity index (χ2v) is 9.30. The van der Waals surface area contributed by atoms with Crippen LogP contribution in [0.5, 0.6) is 5.75 Å². The highest BCUT2D eigenvalue weighted by Gasteiger charge is 2.30. The van der Waals surface area contributed by atoms with E-state index >= 15 is 0 Å². The summed E-state index contributed by atoms with van der Waals surface area (Å²) < 4.78 is 12.5. The molecule has 3 rings (SSSR count). The number of phenolic OH excluding ortho intramolecular Hbond substituents is 1. The highest BCUT2D eigenvalue weighted by atomic mass is 79.9. The molecule has 0 unspecified atom stereocenters. The van der Waals surface area contributed by atoms with Crippen molar-refractivity contribution in [2.45, 2.75) is 25.0 Å². The zero-order valence-corrected chi connectivity index (χ0v) is 21.9. The van der Waals surface area contributed by atoms with Gasteiger partial charge < -0.3 is 14.6 Å². The van der Waals surface area contributed by atoms with Gasteiger partial charge in [-0.15, -0.1) is 0 Å². The van der Waals surface area contributed by atoms with E-state index in [2.05, 4.69) is 37.2 Å². The van der Waals surface area contributed by atoms with Crippen molar-refractivity contribution in [1.82, 2.24) is 5.48 Å². The summed E-state index contributed by atoms with van der Waals surface area (Å²) in [6.45, 7) is 0. The van der Waals surface area contributed by atoms with Crippen LogP contribution in [0.2, 0.25) is 0 Å². The number of ether oxygens (including phenoxy) is 2. The van der Waals surface area contributed by atoms with Crippen molar-refractivity contribution < 1.29 is 29.4 Å². The number of carbonyl (C=O) groups is 2. The Hall–Kier alpha value is -2.92. The van der Waals surface area contributed by atoms with Crippen LogP contribution in [0.25, 0.3) is 10.8 Å². The molecule has 35 heavy (non-hydrogen) atoms. The van der Waals surface area contributed by atoms with Crippen LogP contribution in [0.3, 0.4) is 0 Å². The largest absolute Gasteiger partial charge is 0.506 e. The molecular formula is C25H24Br2N2O6. The zero-order valence-electron chi connectivity index (χ0n) is 18.7. The summed E-state index contributed by atoms with van der Waals surface area (Å²) in [7, 11) is 1.47. The van der Waals surface area contributed by atoms with Gasteiger partial charge in [-0.2, -0.15) is 0 Å². The summed E-state index contributed by atoms with van der Waals surface area (Å²) >= 11 is 6.72. The average Bonchev–Trinajstić information content (AvgIpc) is 2.85. The lowest BCUT2D eigenvalue weighted by molar-refractivity contribution is -0.124. The van der Waals surface area contributed by atoms with Crippen LogP contribution in [0.1, 0.15) is 24.5 Å². The number of rotatable bonds is 9. The van der Waals surface area contributed by atoms with Crippen molar-refractivity contribution in [3.8, 4) is 5.75 Å². The number of fused-ring (bicyclic) bond motifs is 1. The Bertz CT molecular complexity index is 1230. The van der Waals surface area contributed by atoms with Gasteiger partial charge in [-0.3, -0.25) is 15.3 Å². The molecule has 0 spiro atoms. The number of nitrogens with one attached hydrogen (secondary N) is 2. The van der Waals surface area contributed by atoms with Gasteiger partial charge in [0.05, 0.1) is 16.3 Å². The second kappa shape index (κ2) is 12.7. The standard InChI is InChI=1S/C25H24Br2N2O6/c1-34-21(11-4-5-12-22(30)29-33)24(18-13-16(26)14-19(27)23(18)31)35-25(32)28-20-10-6-8-15-7-2-3-9-17(15)20/h2-3,5-10,12-14,21,24,31,33H,4,11H2,1H3,(H,28,32)(H,29,30)/b12-5+/t21-,24-/m1/s1. The molecule has 0 saturated heterocycles. The molecule has 184 valence electrons. The highest BCUT2D eigenvalue weighted by molar-refractivity contribution is 9.11. The Morgan fingerprint density at radius 1 is 1.11 bits per heavy atom. The van der Waals surface area contributed by atoms with Gasteiger partial charge in [0.25, 0.3) is 5.91 Å². The fourth-order valence-corrected chi connectivity index (χ4v) is 4.87. The van der Waals surface area contributed by atoms with Gasteiger partial charge in [0.15, 0.2) is 6.10 Å². The molecule has 3 aromatic rings. The van der Waals surface area contributed by atoms with Crippen LogP contribution in [0, 0.1) is 0 Å². The molecule has 0 aliphatic heterocycles. The summed E-state index contributed by atoms with van der Waals surface area (Å²) in [5.74, 6) is -0.747. The smallest absolute Gasteiger partial charge is 0.412 e. The van der Waals surface area contributed by atoms with E-state index in [1.165, 1.54) is 18.7 Å². The SMILES string of the molecule is CO[C@H](CC/C=C/C(=O)NO)[C@H](OC(=O)Nc1cccc2ccccc12)c1cc(Br)cc(Br)c1O. The first-order valence-corrected chi connectivity index (χ1v) is 12.2. The molecule has 0 saturated carbocycles. The minimum Gasteiger partial charge on any atom is -0.506 e. The van der Waals surface area contributed by atoms with Gasteiger partial charge in [-0.1, -0.05) is 58.4 Å². The van der Waals surface area contributed by atoms with Crippen LogP contribution in [0.15, 0.2) is 75.7 Å². The molecule has 0 aliphatic rings. The van der Waals surface area contributed by atoms with E-state index in [-0.39, 0.29) is 5.75 Å². The molecule has 3 aromatic carbocycles. The van der Waals surface area contributed by atoms with E-state index < -0.39 is 24.2 Å². The first-order chi connectivity index (χ1) is 16.8. The molecule has 0 aromatic heterocycles. The van der Waals surface area contributed by atoms with Crippen LogP contribution in [0.4, 0.5) is 10.5 Å².